The van der Waals surface area contributed by atoms with Crippen LogP contribution in [0.15, 0.2) is 46.0 Å². The number of ketones is 1. The third-order valence-electron chi connectivity index (χ3n) is 5.69. The zero-order valence-corrected chi connectivity index (χ0v) is 19.1. The van der Waals surface area contributed by atoms with Crippen molar-refractivity contribution in [3.8, 4) is 11.1 Å². The van der Waals surface area contributed by atoms with Gasteiger partial charge in [0.1, 0.15) is 18.1 Å². The van der Waals surface area contributed by atoms with Crippen LogP contribution in [0.1, 0.15) is 28.4 Å². The number of aryl methyl sites for hydroxylation is 2. The average molecular weight is 461 g/mol. The fourth-order valence-corrected chi connectivity index (χ4v) is 4.49. The molecule has 33 heavy (non-hydrogen) atoms. The van der Waals surface area contributed by atoms with Gasteiger partial charge in [0.2, 0.25) is 5.78 Å². The maximum absolute atomic E-state index is 12.3. The van der Waals surface area contributed by atoms with E-state index in [1.165, 1.54) is 0 Å². The molecular weight excluding hydrogens is 440 g/mol. The van der Waals surface area contributed by atoms with Crippen LogP contribution in [0.25, 0.3) is 22.0 Å². The number of anilines is 1. The minimum Gasteiger partial charge on any atom is -0.383 e. The number of rotatable bonds is 4. The highest BCUT2D eigenvalue weighted by Crippen LogP contribution is 2.37. The second-order valence-electron chi connectivity index (χ2n) is 8.11. The van der Waals surface area contributed by atoms with Gasteiger partial charge in [-0.05, 0) is 55.2 Å². The van der Waals surface area contributed by atoms with E-state index in [1.807, 2.05) is 50.2 Å². The molecule has 0 unspecified atom stereocenters. The topological polar surface area (TPSA) is 110 Å². The fraction of sp³-hybridized carbons (Fsp3) is 0.208. The summed E-state index contributed by atoms with van der Waals surface area (Å²) in [6.07, 6.45) is 0.548. The molecule has 0 saturated carbocycles. The molecule has 0 radical (unpaired) electrons. The standard InChI is InChI=1S/C24H21ClN6O2/c1-12-20(13(2)33-30-12)16-7-8-18-21(17(16)10-14-5-4-6-15(25)9-14)23(26)28-24(27-18)22-19(32)11-31(3)29-22/h4-9H,10-11H2,1-3H3,(H2,26,27,28). The summed E-state index contributed by atoms with van der Waals surface area (Å²) in [6, 6.07) is 11.5. The van der Waals surface area contributed by atoms with Crippen LogP contribution in [0.5, 0.6) is 0 Å². The smallest absolute Gasteiger partial charge is 0.207 e. The number of benzene rings is 2. The lowest BCUT2D eigenvalue weighted by molar-refractivity contribution is -0.112. The molecular formula is C24H21ClN6O2. The highest BCUT2D eigenvalue weighted by molar-refractivity contribution is 6.47. The van der Waals surface area contributed by atoms with Gasteiger partial charge in [0.25, 0.3) is 0 Å². The van der Waals surface area contributed by atoms with E-state index in [4.69, 9.17) is 21.9 Å². The van der Waals surface area contributed by atoms with Crippen molar-refractivity contribution in [2.75, 3.05) is 19.3 Å². The second-order valence-corrected chi connectivity index (χ2v) is 8.55. The number of nitrogens with zero attached hydrogens (tertiary/aromatic N) is 5. The van der Waals surface area contributed by atoms with Crippen molar-refractivity contribution < 1.29 is 9.32 Å². The van der Waals surface area contributed by atoms with E-state index < -0.39 is 0 Å². The third kappa shape index (κ3) is 3.72. The monoisotopic (exact) mass is 460 g/mol. The van der Waals surface area contributed by atoms with E-state index in [0.29, 0.717) is 22.7 Å². The van der Waals surface area contributed by atoms with E-state index in [2.05, 4.69) is 20.2 Å². The molecule has 0 aliphatic carbocycles. The SMILES string of the molecule is Cc1noc(C)c1-c1ccc2nc(C3=NN(C)CC3=O)nc(N)c2c1Cc1cccc(Cl)c1. The maximum atomic E-state index is 12.3. The van der Waals surface area contributed by atoms with Gasteiger partial charge >= 0.3 is 0 Å². The molecule has 9 heteroatoms. The zero-order valence-electron chi connectivity index (χ0n) is 18.4. The predicted octanol–water partition coefficient (Wildman–Crippen LogP) is 3.95. The Labute approximate surface area is 195 Å². The first-order valence-corrected chi connectivity index (χ1v) is 10.8. The number of hydrogen-bond donors (Lipinski definition) is 1. The summed E-state index contributed by atoms with van der Waals surface area (Å²) in [5.74, 6) is 1.09. The number of Topliss-reactive ketones (excluding diaryl/α,β-unsaturated/α-hetero) is 1. The molecule has 1 aliphatic rings. The third-order valence-corrected chi connectivity index (χ3v) is 5.93. The Hall–Kier alpha value is -3.78. The van der Waals surface area contributed by atoms with Crippen molar-refractivity contribution in [2.24, 2.45) is 5.10 Å². The normalized spacial score (nSPS) is 13.8. The van der Waals surface area contributed by atoms with Gasteiger partial charge in [-0.2, -0.15) is 5.10 Å². The highest BCUT2D eigenvalue weighted by Gasteiger charge is 2.27. The van der Waals surface area contributed by atoms with E-state index in [1.54, 1.807) is 12.1 Å². The van der Waals surface area contributed by atoms with Crippen LogP contribution in [-0.4, -0.2) is 45.2 Å². The average Bonchev–Trinajstić information content (AvgIpc) is 3.28. The summed E-state index contributed by atoms with van der Waals surface area (Å²) in [5, 5.41) is 11.3. The van der Waals surface area contributed by atoms with Gasteiger partial charge in [0.15, 0.2) is 11.5 Å². The number of fused-ring (bicyclic) bond motifs is 1. The molecule has 8 nitrogen and oxygen atoms in total. The molecule has 3 heterocycles. The number of carbonyl (C=O) groups excluding carboxylic acids is 1. The minimum atomic E-state index is -0.136. The van der Waals surface area contributed by atoms with E-state index in [0.717, 1.165) is 33.3 Å². The van der Waals surface area contributed by atoms with Crippen molar-refractivity contribution in [1.82, 2.24) is 20.1 Å². The van der Waals surface area contributed by atoms with Gasteiger partial charge in [-0.3, -0.25) is 9.80 Å². The number of hydrogen-bond acceptors (Lipinski definition) is 8. The number of carbonyl (C=O) groups is 1. The summed E-state index contributed by atoms with van der Waals surface area (Å²) >= 11 is 6.25. The minimum absolute atomic E-state index is 0.136. The van der Waals surface area contributed by atoms with E-state index >= 15 is 0 Å². The largest absolute Gasteiger partial charge is 0.383 e. The van der Waals surface area contributed by atoms with Crippen LogP contribution < -0.4 is 5.73 Å². The lowest BCUT2D eigenvalue weighted by Crippen LogP contribution is -2.19. The fourth-order valence-electron chi connectivity index (χ4n) is 4.28. The molecule has 5 rings (SSSR count). The van der Waals surface area contributed by atoms with Crippen LogP contribution in [0.4, 0.5) is 5.82 Å². The van der Waals surface area contributed by atoms with Crippen molar-refractivity contribution in [3.05, 3.63) is 69.8 Å². The number of nitrogen functional groups attached to an aromatic ring is 1. The second kappa shape index (κ2) is 7.97. The number of likely N-dealkylation sites (N-methyl/N-ethyl adjacent to an activating group) is 1. The summed E-state index contributed by atoms with van der Waals surface area (Å²) in [6.45, 7) is 3.98. The molecule has 2 aromatic heterocycles. The van der Waals surface area contributed by atoms with Gasteiger partial charge in [0, 0.05) is 23.0 Å². The number of hydrazone groups is 1. The van der Waals surface area contributed by atoms with Crippen molar-refractivity contribution >= 4 is 39.8 Å². The Morgan fingerprint density at radius 2 is 2.00 bits per heavy atom. The molecule has 166 valence electrons. The molecule has 0 amide bonds. The van der Waals surface area contributed by atoms with Crippen molar-refractivity contribution in [2.45, 2.75) is 20.3 Å². The molecule has 0 fully saturated rings. The summed E-state index contributed by atoms with van der Waals surface area (Å²) in [4.78, 5) is 21.5. The quantitative estimate of drug-likeness (QED) is 0.490. The van der Waals surface area contributed by atoms with E-state index in [9.17, 15) is 4.79 Å². The number of halogens is 1. The van der Waals surface area contributed by atoms with Gasteiger partial charge in [0.05, 0.1) is 11.2 Å². The van der Waals surface area contributed by atoms with Crippen LogP contribution in [0, 0.1) is 13.8 Å². The number of nitrogens with two attached hydrogens (primary N) is 1. The Morgan fingerprint density at radius 3 is 2.67 bits per heavy atom. The lowest BCUT2D eigenvalue weighted by Gasteiger charge is -2.15. The van der Waals surface area contributed by atoms with Crippen molar-refractivity contribution in [1.29, 1.82) is 0 Å². The predicted molar refractivity (Wildman–Crippen MR) is 127 cm³/mol. The van der Waals surface area contributed by atoms with Crippen molar-refractivity contribution in [3.63, 3.8) is 0 Å². The first-order valence-electron chi connectivity index (χ1n) is 10.4. The first-order chi connectivity index (χ1) is 15.8. The molecule has 0 spiro atoms. The molecule has 0 bridgehead atoms. The highest BCUT2D eigenvalue weighted by atomic mass is 35.5. The summed E-state index contributed by atoms with van der Waals surface area (Å²) in [5.41, 5.74) is 11.9. The molecule has 2 aromatic carbocycles. The first kappa shape index (κ1) is 21.1. The van der Waals surface area contributed by atoms with Crippen LogP contribution >= 0.6 is 11.6 Å². The van der Waals surface area contributed by atoms with Gasteiger partial charge in [-0.15, -0.1) is 0 Å². The molecule has 4 aromatic rings. The van der Waals surface area contributed by atoms with Crippen LogP contribution in [0.2, 0.25) is 5.02 Å². The Kier molecular flexibility index (Phi) is 5.09. The maximum Gasteiger partial charge on any atom is 0.207 e. The Bertz CT molecular complexity index is 1440. The zero-order chi connectivity index (χ0) is 23.3. The lowest BCUT2D eigenvalue weighted by atomic mass is 9.91. The molecule has 0 saturated heterocycles. The molecule has 2 N–H and O–H groups in total. The summed E-state index contributed by atoms with van der Waals surface area (Å²) < 4.78 is 5.43. The van der Waals surface area contributed by atoms with Crippen LogP contribution in [0.3, 0.4) is 0 Å². The van der Waals surface area contributed by atoms with Gasteiger partial charge in [-0.25, -0.2) is 9.97 Å². The Balaban J connectivity index is 1.76. The number of aromatic nitrogens is 3. The molecule has 1 aliphatic heterocycles. The Morgan fingerprint density at radius 1 is 1.18 bits per heavy atom. The van der Waals surface area contributed by atoms with E-state index in [-0.39, 0.29) is 29.7 Å². The summed E-state index contributed by atoms with van der Waals surface area (Å²) in [7, 11) is 1.73. The van der Waals surface area contributed by atoms with Crippen LogP contribution in [-0.2, 0) is 11.2 Å². The molecule has 0 atom stereocenters. The van der Waals surface area contributed by atoms with Gasteiger partial charge in [-0.1, -0.05) is 35.0 Å². The van der Waals surface area contributed by atoms with Gasteiger partial charge < -0.3 is 10.3 Å².